The number of carbonyl (C=O) groups is 1. The third kappa shape index (κ3) is 0.401. The van der Waals surface area contributed by atoms with Crippen molar-refractivity contribution in [3.05, 3.63) is 0 Å². The molecule has 6 atom stereocenters. The summed E-state index contributed by atoms with van der Waals surface area (Å²) in [6, 6.07) is 0. The van der Waals surface area contributed by atoms with Gasteiger partial charge in [-0.2, -0.15) is 0 Å². The van der Waals surface area contributed by atoms with Crippen LogP contribution in [0.4, 0.5) is 0 Å². The Morgan fingerprint density at radius 3 is 2.27 bits per heavy atom. The first-order valence-electron chi connectivity index (χ1n) is 4.90. The summed E-state index contributed by atoms with van der Waals surface area (Å²) in [7, 11) is 0. The van der Waals surface area contributed by atoms with Crippen LogP contribution in [-0.2, 0) is 4.79 Å². The van der Waals surface area contributed by atoms with E-state index in [1.165, 1.54) is 19.3 Å². The minimum atomic E-state index is 0.558. The van der Waals surface area contributed by atoms with E-state index in [4.69, 9.17) is 0 Å². The second-order valence-electron chi connectivity index (χ2n) is 5.01. The van der Waals surface area contributed by atoms with Crippen LogP contribution in [0.5, 0.6) is 0 Å². The minimum Gasteiger partial charge on any atom is -0.299 e. The van der Waals surface area contributed by atoms with Crippen LogP contribution in [0.15, 0.2) is 0 Å². The number of Topliss-reactive ketones (excluding diaryl/α,β-unsaturated/α-hetero) is 1. The molecule has 5 rings (SSSR count). The molecule has 0 aromatic rings. The zero-order chi connectivity index (χ0) is 7.16. The Balaban J connectivity index is 1.91. The van der Waals surface area contributed by atoms with Crippen molar-refractivity contribution in [2.24, 2.45) is 35.5 Å². The van der Waals surface area contributed by atoms with E-state index in [-0.39, 0.29) is 0 Å². The summed E-state index contributed by atoms with van der Waals surface area (Å²) < 4.78 is 0. The molecule has 1 heteroatoms. The highest BCUT2D eigenvalue weighted by Crippen LogP contribution is 2.73. The quantitative estimate of drug-likeness (QED) is 0.508. The maximum Gasteiger partial charge on any atom is 0.139 e. The topological polar surface area (TPSA) is 17.1 Å². The zero-order valence-electron chi connectivity index (χ0n) is 6.49. The molecule has 5 aliphatic carbocycles. The highest BCUT2D eigenvalue weighted by Gasteiger charge is 2.71. The molecular formula is C10H12O. The average Bonchev–Trinajstić information content (AvgIpc) is 2.69. The van der Waals surface area contributed by atoms with Crippen LogP contribution in [0.1, 0.15) is 19.3 Å². The number of rotatable bonds is 0. The van der Waals surface area contributed by atoms with Gasteiger partial charge >= 0.3 is 0 Å². The zero-order valence-corrected chi connectivity index (χ0v) is 6.49. The molecule has 5 saturated carbocycles. The van der Waals surface area contributed by atoms with Crippen molar-refractivity contribution in [2.75, 3.05) is 0 Å². The third-order valence-corrected chi connectivity index (χ3v) is 4.73. The molecule has 11 heavy (non-hydrogen) atoms. The van der Waals surface area contributed by atoms with E-state index in [1.54, 1.807) is 0 Å². The van der Waals surface area contributed by atoms with Crippen LogP contribution in [0.2, 0.25) is 0 Å². The molecule has 4 unspecified atom stereocenters. The Kier molecular flexibility index (Phi) is 0.630. The molecule has 0 spiro atoms. The van der Waals surface area contributed by atoms with Gasteiger partial charge in [-0.3, -0.25) is 4.79 Å². The van der Waals surface area contributed by atoms with E-state index in [9.17, 15) is 4.79 Å². The fourth-order valence-electron chi connectivity index (χ4n) is 4.47. The third-order valence-electron chi connectivity index (χ3n) is 4.73. The first kappa shape index (κ1) is 5.34. The van der Waals surface area contributed by atoms with Gasteiger partial charge in [0.05, 0.1) is 0 Å². The molecule has 0 aromatic heterocycles. The summed E-state index contributed by atoms with van der Waals surface area (Å²) in [5.74, 6) is 5.55. The number of hydrogen-bond acceptors (Lipinski definition) is 1. The van der Waals surface area contributed by atoms with Crippen LogP contribution in [0, 0.1) is 35.5 Å². The summed E-state index contributed by atoms with van der Waals surface area (Å²) in [5.41, 5.74) is 0. The fourth-order valence-corrected chi connectivity index (χ4v) is 4.47. The van der Waals surface area contributed by atoms with Crippen molar-refractivity contribution in [1.82, 2.24) is 0 Å². The smallest absolute Gasteiger partial charge is 0.139 e. The molecular weight excluding hydrogens is 136 g/mol. The van der Waals surface area contributed by atoms with Gasteiger partial charge in [0, 0.05) is 11.8 Å². The molecule has 0 saturated heterocycles. The Morgan fingerprint density at radius 2 is 1.64 bits per heavy atom. The standard InChI is InChI=1S/C10H12O/c11-10-6-2-4-1-5-8(6)9(5)7(10)3-4/h4-9H,1-3H2/t4?,5?,6-,7+,8?,9?. The summed E-state index contributed by atoms with van der Waals surface area (Å²) in [5, 5.41) is 0. The van der Waals surface area contributed by atoms with Gasteiger partial charge < -0.3 is 0 Å². The van der Waals surface area contributed by atoms with Crippen LogP contribution in [0.3, 0.4) is 0 Å². The molecule has 0 aliphatic heterocycles. The Hall–Kier alpha value is -0.330. The Bertz CT molecular complexity index is 236. The van der Waals surface area contributed by atoms with Crippen molar-refractivity contribution in [3.8, 4) is 0 Å². The molecule has 0 N–H and O–H groups in total. The van der Waals surface area contributed by atoms with Crippen molar-refractivity contribution in [1.29, 1.82) is 0 Å². The normalized spacial score (nSPS) is 68.9. The second kappa shape index (κ2) is 1.30. The van der Waals surface area contributed by atoms with Crippen molar-refractivity contribution in [2.45, 2.75) is 19.3 Å². The largest absolute Gasteiger partial charge is 0.299 e. The lowest BCUT2D eigenvalue weighted by Gasteiger charge is -2.36. The molecule has 0 heterocycles. The van der Waals surface area contributed by atoms with Crippen LogP contribution >= 0.6 is 0 Å². The van der Waals surface area contributed by atoms with Gasteiger partial charge in [0.1, 0.15) is 5.78 Å². The van der Waals surface area contributed by atoms with E-state index >= 15 is 0 Å². The van der Waals surface area contributed by atoms with Crippen LogP contribution in [-0.4, -0.2) is 5.78 Å². The van der Waals surface area contributed by atoms with Gasteiger partial charge in [-0.25, -0.2) is 0 Å². The van der Waals surface area contributed by atoms with Crippen LogP contribution in [0.25, 0.3) is 0 Å². The summed E-state index contributed by atoms with van der Waals surface area (Å²) >= 11 is 0. The van der Waals surface area contributed by atoms with E-state index < -0.39 is 0 Å². The van der Waals surface area contributed by atoms with Gasteiger partial charge in [0.2, 0.25) is 0 Å². The highest BCUT2D eigenvalue weighted by molar-refractivity contribution is 5.89. The first-order valence-corrected chi connectivity index (χ1v) is 4.90. The molecule has 1 nitrogen and oxygen atoms in total. The molecule has 58 valence electrons. The van der Waals surface area contributed by atoms with Crippen molar-refractivity contribution in [3.63, 3.8) is 0 Å². The van der Waals surface area contributed by atoms with Gasteiger partial charge in [-0.05, 0) is 42.9 Å². The van der Waals surface area contributed by atoms with E-state index in [1.807, 2.05) is 0 Å². The number of hydrogen-bond donors (Lipinski definition) is 0. The molecule has 5 fully saturated rings. The molecule has 5 aliphatic rings. The Labute approximate surface area is 66.2 Å². The van der Waals surface area contributed by atoms with E-state index in [0.29, 0.717) is 17.6 Å². The monoisotopic (exact) mass is 148 g/mol. The summed E-state index contributed by atoms with van der Waals surface area (Å²) in [6.45, 7) is 0. The second-order valence-corrected chi connectivity index (χ2v) is 5.01. The number of ketones is 1. The number of carbonyl (C=O) groups excluding carboxylic acids is 1. The predicted molar refractivity (Wildman–Crippen MR) is 39.8 cm³/mol. The first-order chi connectivity index (χ1) is 5.36. The lowest BCUT2D eigenvalue weighted by atomic mass is 9.67. The maximum atomic E-state index is 11.6. The SMILES string of the molecule is O=C1[C@H]2CC3CC4C2C4[C@H]1C3. The van der Waals surface area contributed by atoms with Gasteiger partial charge in [-0.1, -0.05) is 0 Å². The molecule has 0 radical (unpaired) electrons. The highest BCUT2D eigenvalue weighted by atomic mass is 16.1. The van der Waals surface area contributed by atoms with Gasteiger partial charge in [-0.15, -0.1) is 0 Å². The van der Waals surface area contributed by atoms with Crippen molar-refractivity contribution < 1.29 is 4.79 Å². The van der Waals surface area contributed by atoms with Crippen LogP contribution < -0.4 is 0 Å². The lowest BCUT2D eigenvalue weighted by molar-refractivity contribution is -0.131. The minimum absolute atomic E-state index is 0.558. The lowest BCUT2D eigenvalue weighted by Crippen LogP contribution is -2.36. The fraction of sp³-hybridized carbons (Fsp3) is 0.900. The average molecular weight is 148 g/mol. The van der Waals surface area contributed by atoms with Gasteiger partial charge in [0.25, 0.3) is 0 Å². The van der Waals surface area contributed by atoms with E-state index in [2.05, 4.69) is 0 Å². The van der Waals surface area contributed by atoms with Gasteiger partial charge in [0.15, 0.2) is 0 Å². The summed E-state index contributed by atoms with van der Waals surface area (Å²) in [6.07, 6.45) is 4.02. The molecule has 0 aromatic carbocycles. The Morgan fingerprint density at radius 1 is 1.00 bits per heavy atom. The predicted octanol–water partition coefficient (Wildman–Crippen LogP) is 1.48. The summed E-state index contributed by atoms with van der Waals surface area (Å²) in [4.78, 5) is 11.6. The maximum absolute atomic E-state index is 11.6. The van der Waals surface area contributed by atoms with E-state index in [0.717, 1.165) is 23.7 Å². The molecule has 4 bridgehead atoms. The van der Waals surface area contributed by atoms with Crippen molar-refractivity contribution >= 4 is 5.78 Å². The molecule has 0 amide bonds.